The van der Waals surface area contributed by atoms with Crippen molar-refractivity contribution in [1.29, 1.82) is 0 Å². The first kappa shape index (κ1) is 17.0. The van der Waals surface area contributed by atoms with Crippen molar-refractivity contribution in [3.8, 4) is 5.75 Å². The summed E-state index contributed by atoms with van der Waals surface area (Å²) in [6.07, 6.45) is 1.07. The smallest absolute Gasteiger partial charge is 0.223 e. The van der Waals surface area contributed by atoms with E-state index in [0.29, 0.717) is 12.3 Å². The zero-order valence-corrected chi connectivity index (χ0v) is 14.3. The van der Waals surface area contributed by atoms with Crippen molar-refractivity contribution in [2.45, 2.75) is 19.6 Å². The minimum atomic E-state index is -0.655. The molecule has 0 spiro atoms. The first-order valence-electron chi connectivity index (χ1n) is 8.09. The molecule has 2 aromatic carbocycles. The number of fused-ring (bicyclic) bond motifs is 1. The van der Waals surface area contributed by atoms with Crippen LogP contribution in [0.15, 0.2) is 54.9 Å². The molecule has 6 nitrogen and oxygen atoms in total. The third-order valence-corrected chi connectivity index (χ3v) is 4.07. The number of carbonyl (C=O) groups excluding carboxylic acids is 1. The SMILES string of the molecule is CC(=O)N(C)c1ccc(OC[C@H](O)Cn2cnc3ccccc32)cc1. The van der Waals surface area contributed by atoms with Crippen molar-refractivity contribution in [3.05, 3.63) is 54.9 Å². The third kappa shape index (κ3) is 3.97. The highest BCUT2D eigenvalue weighted by Gasteiger charge is 2.10. The molecule has 3 rings (SSSR count). The highest BCUT2D eigenvalue weighted by molar-refractivity contribution is 5.90. The molecule has 0 bridgehead atoms. The molecule has 1 aromatic heterocycles. The van der Waals surface area contributed by atoms with Gasteiger partial charge in [0.2, 0.25) is 5.91 Å². The summed E-state index contributed by atoms with van der Waals surface area (Å²) in [7, 11) is 1.72. The summed E-state index contributed by atoms with van der Waals surface area (Å²) in [6.45, 7) is 2.10. The van der Waals surface area contributed by atoms with Gasteiger partial charge in [-0.15, -0.1) is 0 Å². The van der Waals surface area contributed by atoms with Gasteiger partial charge in [-0.1, -0.05) is 12.1 Å². The van der Waals surface area contributed by atoms with Gasteiger partial charge in [0.1, 0.15) is 18.5 Å². The fourth-order valence-electron chi connectivity index (χ4n) is 2.58. The molecule has 0 fully saturated rings. The van der Waals surface area contributed by atoms with Gasteiger partial charge in [-0.2, -0.15) is 0 Å². The molecule has 6 heteroatoms. The van der Waals surface area contributed by atoms with E-state index in [2.05, 4.69) is 4.98 Å². The van der Waals surface area contributed by atoms with Crippen molar-refractivity contribution >= 4 is 22.6 Å². The second-order valence-corrected chi connectivity index (χ2v) is 5.92. The Morgan fingerprint density at radius 1 is 1.24 bits per heavy atom. The minimum Gasteiger partial charge on any atom is -0.491 e. The molecule has 1 amide bonds. The topological polar surface area (TPSA) is 67.6 Å². The molecule has 25 heavy (non-hydrogen) atoms. The predicted octanol–water partition coefficient (Wildman–Crippen LogP) is 2.46. The number of ether oxygens (including phenoxy) is 1. The number of aliphatic hydroxyl groups excluding tert-OH is 1. The van der Waals surface area contributed by atoms with Gasteiger partial charge in [0.25, 0.3) is 0 Å². The highest BCUT2D eigenvalue weighted by Crippen LogP contribution is 2.19. The molecule has 0 aliphatic rings. The van der Waals surface area contributed by atoms with Crippen LogP contribution in [0.3, 0.4) is 0 Å². The number of imidazole rings is 1. The largest absolute Gasteiger partial charge is 0.491 e. The van der Waals surface area contributed by atoms with E-state index < -0.39 is 6.10 Å². The van der Waals surface area contributed by atoms with Crippen LogP contribution in [0.4, 0.5) is 5.69 Å². The van der Waals surface area contributed by atoms with Gasteiger partial charge in [-0.25, -0.2) is 4.98 Å². The number of hydrogen-bond acceptors (Lipinski definition) is 4. The first-order valence-corrected chi connectivity index (χ1v) is 8.09. The molecule has 0 saturated carbocycles. The molecule has 130 valence electrons. The van der Waals surface area contributed by atoms with Gasteiger partial charge in [-0.05, 0) is 36.4 Å². The highest BCUT2D eigenvalue weighted by atomic mass is 16.5. The lowest BCUT2D eigenvalue weighted by molar-refractivity contribution is -0.116. The van der Waals surface area contributed by atoms with Crippen LogP contribution in [0.5, 0.6) is 5.75 Å². The third-order valence-electron chi connectivity index (χ3n) is 4.07. The van der Waals surface area contributed by atoms with Crippen molar-refractivity contribution in [2.75, 3.05) is 18.6 Å². The van der Waals surface area contributed by atoms with E-state index in [1.54, 1.807) is 30.4 Å². The standard InChI is InChI=1S/C19H21N3O3/c1-14(23)21(2)15-7-9-17(10-8-15)25-12-16(24)11-22-13-20-18-5-3-4-6-19(18)22/h3-10,13,16,24H,11-12H2,1-2H3/t16-/m1/s1. The number of benzene rings is 2. The Balaban J connectivity index is 1.57. The van der Waals surface area contributed by atoms with Crippen LogP contribution in [-0.2, 0) is 11.3 Å². The van der Waals surface area contributed by atoms with Crippen molar-refractivity contribution in [3.63, 3.8) is 0 Å². The maximum absolute atomic E-state index is 11.3. The van der Waals surface area contributed by atoms with E-state index in [1.165, 1.54) is 6.92 Å². The van der Waals surface area contributed by atoms with Crippen LogP contribution < -0.4 is 9.64 Å². The molecule has 0 radical (unpaired) electrons. The van der Waals surface area contributed by atoms with Crippen LogP contribution >= 0.6 is 0 Å². The first-order chi connectivity index (χ1) is 12.0. The normalized spacial score (nSPS) is 12.1. The van der Waals surface area contributed by atoms with Crippen LogP contribution in [0, 0.1) is 0 Å². The van der Waals surface area contributed by atoms with E-state index in [4.69, 9.17) is 4.74 Å². The number of aliphatic hydroxyl groups is 1. The van der Waals surface area contributed by atoms with E-state index in [1.807, 2.05) is 41.0 Å². The Morgan fingerprint density at radius 3 is 2.68 bits per heavy atom. The van der Waals surface area contributed by atoms with E-state index in [0.717, 1.165) is 16.7 Å². The average Bonchev–Trinajstić information content (AvgIpc) is 3.03. The van der Waals surface area contributed by atoms with Crippen molar-refractivity contribution in [2.24, 2.45) is 0 Å². The summed E-state index contributed by atoms with van der Waals surface area (Å²) in [4.78, 5) is 17.2. The fourth-order valence-corrected chi connectivity index (χ4v) is 2.58. The minimum absolute atomic E-state index is 0.0309. The number of hydrogen-bond donors (Lipinski definition) is 1. The van der Waals surface area contributed by atoms with Gasteiger partial charge in [0.15, 0.2) is 0 Å². The monoisotopic (exact) mass is 339 g/mol. The van der Waals surface area contributed by atoms with Crippen molar-refractivity contribution < 1.29 is 14.6 Å². The molecule has 0 aliphatic heterocycles. The summed E-state index contributed by atoms with van der Waals surface area (Å²) in [5.41, 5.74) is 2.68. The summed E-state index contributed by atoms with van der Waals surface area (Å²) < 4.78 is 7.55. The lowest BCUT2D eigenvalue weighted by atomic mass is 10.2. The van der Waals surface area contributed by atoms with Gasteiger partial charge >= 0.3 is 0 Å². The molecule has 0 saturated heterocycles. The molecule has 0 aliphatic carbocycles. The Bertz CT molecular complexity index is 858. The summed E-state index contributed by atoms with van der Waals surface area (Å²) in [5, 5.41) is 10.2. The van der Waals surface area contributed by atoms with Gasteiger partial charge in [-0.3, -0.25) is 4.79 Å². The Kier molecular flexibility index (Phi) is 5.00. The van der Waals surface area contributed by atoms with E-state index in [9.17, 15) is 9.90 Å². The predicted molar refractivity (Wildman–Crippen MR) is 96.8 cm³/mol. The summed E-state index contributed by atoms with van der Waals surface area (Å²) in [5.74, 6) is 0.617. The van der Waals surface area contributed by atoms with Gasteiger partial charge in [0.05, 0.1) is 23.9 Å². The van der Waals surface area contributed by atoms with Crippen LogP contribution in [0.2, 0.25) is 0 Å². The number of anilines is 1. The zero-order valence-electron chi connectivity index (χ0n) is 14.3. The number of nitrogens with zero attached hydrogens (tertiary/aromatic N) is 3. The maximum atomic E-state index is 11.3. The summed E-state index contributed by atoms with van der Waals surface area (Å²) >= 11 is 0. The van der Waals surface area contributed by atoms with Crippen LogP contribution in [0.25, 0.3) is 11.0 Å². The Labute approximate surface area is 146 Å². The number of carbonyl (C=O) groups is 1. The molecule has 1 N–H and O–H groups in total. The Hall–Kier alpha value is -2.86. The van der Waals surface area contributed by atoms with Crippen molar-refractivity contribution in [1.82, 2.24) is 9.55 Å². The molecule has 1 heterocycles. The lowest BCUT2D eigenvalue weighted by Gasteiger charge is -2.16. The van der Waals surface area contributed by atoms with E-state index in [-0.39, 0.29) is 12.5 Å². The molecular formula is C19H21N3O3. The second-order valence-electron chi connectivity index (χ2n) is 5.92. The number of aromatic nitrogens is 2. The number of rotatable bonds is 6. The second kappa shape index (κ2) is 7.36. The number of amides is 1. The fraction of sp³-hybridized carbons (Fsp3) is 0.263. The lowest BCUT2D eigenvalue weighted by Crippen LogP contribution is -2.23. The summed E-state index contributed by atoms with van der Waals surface area (Å²) in [6, 6.07) is 15.0. The maximum Gasteiger partial charge on any atom is 0.223 e. The number of para-hydroxylation sites is 2. The average molecular weight is 339 g/mol. The van der Waals surface area contributed by atoms with Gasteiger partial charge < -0.3 is 19.3 Å². The molecule has 3 aromatic rings. The van der Waals surface area contributed by atoms with Crippen LogP contribution in [0.1, 0.15) is 6.92 Å². The molecule has 0 unspecified atom stereocenters. The quantitative estimate of drug-likeness (QED) is 0.749. The van der Waals surface area contributed by atoms with Gasteiger partial charge in [0, 0.05) is 19.7 Å². The Morgan fingerprint density at radius 2 is 1.96 bits per heavy atom. The van der Waals surface area contributed by atoms with E-state index >= 15 is 0 Å². The zero-order chi connectivity index (χ0) is 17.8. The molecular weight excluding hydrogens is 318 g/mol. The van der Waals surface area contributed by atoms with Crippen LogP contribution in [-0.4, -0.2) is 40.3 Å². The molecule has 1 atom stereocenters.